The molecule has 1 aliphatic rings. The van der Waals surface area contributed by atoms with Gasteiger partial charge >= 0.3 is 0 Å². The normalized spacial score (nSPS) is 15.6. The molecule has 164 valence electrons. The van der Waals surface area contributed by atoms with Gasteiger partial charge in [-0.3, -0.25) is 14.6 Å². The number of amides is 2. The third kappa shape index (κ3) is 4.22. The predicted molar refractivity (Wildman–Crippen MR) is 120 cm³/mol. The number of hydrogen-bond acceptors (Lipinski definition) is 5. The Hall–Kier alpha value is -4.01. The Bertz CT molecular complexity index is 1210. The first-order valence-electron chi connectivity index (χ1n) is 10.1. The molecule has 9 heteroatoms. The average molecular weight is 434 g/mol. The van der Waals surface area contributed by atoms with Gasteiger partial charge in [-0.2, -0.15) is 10.2 Å². The Labute approximate surface area is 184 Å². The van der Waals surface area contributed by atoms with Gasteiger partial charge in [-0.1, -0.05) is 6.07 Å². The summed E-state index contributed by atoms with van der Waals surface area (Å²) >= 11 is 0. The van der Waals surface area contributed by atoms with Crippen molar-refractivity contribution in [1.82, 2.24) is 9.78 Å². The van der Waals surface area contributed by atoms with Crippen molar-refractivity contribution in [1.29, 1.82) is 0 Å². The summed E-state index contributed by atoms with van der Waals surface area (Å²) in [4.78, 5) is 25.0. The first-order valence-corrected chi connectivity index (χ1v) is 10.1. The number of aromatic nitrogens is 2. The van der Waals surface area contributed by atoms with Gasteiger partial charge in [0.2, 0.25) is 5.91 Å². The molecule has 1 aromatic heterocycles. The maximum atomic E-state index is 13.3. The van der Waals surface area contributed by atoms with Gasteiger partial charge in [0.15, 0.2) is 0 Å². The number of rotatable bonds is 5. The largest absolute Gasteiger partial charge is 0.368 e. The molecule has 1 aliphatic heterocycles. The van der Waals surface area contributed by atoms with Crippen molar-refractivity contribution >= 4 is 29.0 Å². The summed E-state index contributed by atoms with van der Waals surface area (Å²) in [7, 11) is 0. The number of nitrogens with two attached hydrogens (primary N) is 1. The molecule has 2 heterocycles. The second-order valence-electron chi connectivity index (χ2n) is 7.87. The Morgan fingerprint density at radius 3 is 2.31 bits per heavy atom. The summed E-state index contributed by atoms with van der Waals surface area (Å²) in [5.74, 6) is -1.03. The minimum absolute atomic E-state index is 0.0369. The maximum absolute atomic E-state index is 13.3. The molecule has 0 saturated carbocycles. The molecule has 4 rings (SSSR count). The fourth-order valence-corrected chi connectivity index (χ4v) is 3.75. The van der Waals surface area contributed by atoms with Gasteiger partial charge in [0.05, 0.1) is 17.1 Å². The molecule has 0 bridgehead atoms. The van der Waals surface area contributed by atoms with E-state index in [0.717, 1.165) is 22.5 Å². The number of carbonyl (C=O) groups is 2. The van der Waals surface area contributed by atoms with Crippen LogP contribution in [0.3, 0.4) is 0 Å². The van der Waals surface area contributed by atoms with Crippen molar-refractivity contribution in [2.75, 3.05) is 10.3 Å². The summed E-state index contributed by atoms with van der Waals surface area (Å²) in [6, 6.07) is 12.4. The lowest BCUT2D eigenvalue weighted by atomic mass is 10.1. The number of benzene rings is 2. The molecule has 8 nitrogen and oxygen atoms in total. The molecular weight excluding hydrogens is 411 g/mol. The third-order valence-corrected chi connectivity index (χ3v) is 5.12. The van der Waals surface area contributed by atoms with Crippen molar-refractivity contribution in [3.63, 3.8) is 0 Å². The molecule has 32 heavy (non-hydrogen) atoms. The lowest BCUT2D eigenvalue weighted by Crippen LogP contribution is -2.39. The van der Waals surface area contributed by atoms with Gasteiger partial charge in [-0.15, -0.1) is 0 Å². The van der Waals surface area contributed by atoms with Crippen LogP contribution < -0.4 is 16.1 Å². The summed E-state index contributed by atoms with van der Waals surface area (Å²) in [6.07, 6.45) is 0.0369. The monoisotopic (exact) mass is 434 g/mol. The Balaban J connectivity index is 1.62. The number of nitrogens with zero attached hydrogens (tertiary/aromatic N) is 4. The molecule has 0 aliphatic carbocycles. The number of primary amides is 1. The standard InChI is InChI=1S/C23H23FN6O2/c1-13-8-14(2)10-18(9-13)30-21(11-15(3)27-30)26-23(32)19-12-20(22(25)31)29(28-19)17-6-4-16(24)5-7-17/h4-11,20H,12H2,1-3H3,(H2,25,31)(H,26,32). The van der Waals surface area contributed by atoms with Crippen LogP contribution in [-0.4, -0.2) is 33.3 Å². The second-order valence-corrected chi connectivity index (χ2v) is 7.87. The highest BCUT2D eigenvalue weighted by atomic mass is 19.1. The maximum Gasteiger partial charge on any atom is 0.273 e. The van der Waals surface area contributed by atoms with Gasteiger partial charge in [0, 0.05) is 12.5 Å². The molecule has 0 saturated heterocycles. The van der Waals surface area contributed by atoms with E-state index >= 15 is 0 Å². The Morgan fingerprint density at radius 1 is 1.03 bits per heavy atom. The van der Waals surface area contributed by atoms with E-state index in [1.54, 1.807) is 10.7 Å². The molecule has 1 unspecified atom stereocenters. The lowest BCUT2D eigenvalue weighted by molar-refractivity contribution is -0.119. The lowest BCUT2D eigenvalue weighted by Gasteiger charge is -2.20. The number of anilines is 2. The summed E-state index contributed by atoms with van der Waals surface area (Å²) in [6.45, 7) is 5.82. The van der Waals surface area contributed by atoms with Crippen LogP contribution in [0, 0.1) is 26.6 Å². The predicted octanol–water partition coefficient (Wildman–Crippen LogP) is 3.00. The van der Waals surface area contributed by atoms with E-state index in [1.165, 1.54) is 29.3 Å². The zero-order chi connectivity index (χ0) is 23.0. The molecule has 0 radical (unpaired) electrons. The highest BCUT2D eigenvalue weighted by Gasteiger charge is 2.35. The molecule has 1 atom stereocenters. The number of halogens is 1. The minimum atomic E-state index is -0.840. The van der Waals surface area contributed by atoms with Crippen molar-refractivity contribution < 1.29 is 14.0 Å². The fourth-order valence-electron chi connectivity index (χ4n) is 3.75. The molecule has 2 aromatic carbocycles. The Morgan fingerprint density at radius 2 is 1.69 bits per heavy atom. The van der Waals surface area contributed by atoms with E-state index in [0.29, 0.717) is 11.5 Å². The van der Waals surface area contributed by atoms with Crippen molar-refractivity contribution in [3.8, 4) is 5.69 Å². The first-order chi connectivity index (χ1) is 15.2. The molecule has 0 spiro atoms. The quantitative estimate of drug-likeness (QED) is 0.644. The third-order valence-electron chi connectivity index (χ3n) is 5.12. The molecule has 0 fully saturated rings. The molecule has 3 aromatic rings. The van der Waals surface area contributed by atoms with E-state index in [4.69, 9.17) is 5.73 Å². The topological polar surface area (TPSA) is 106 Å². The smallest absolute Gasteiger partial charge is 0.273 e. The van der Waals surface area contributed by atoms with Crippen LogP contribution in [0.25, 0.3) is 5.69 Å². The zero-order valence-corrected chi connectivity index (χ0v) is 18.0. The second kappa shape index (κ2) is 8.26. The first kappa shape index (κ1) is 21.2. The van der Waals surface area contributed by atoms with Crippen LogP contribution in [0.5, 0.6) is 0 Å². The number of hydrogen-bond donors (Lipinski definition) is 2. The van der Waals surface area contributed by atoms with E-state index in [2.05, 4.69) is 21.6 Å². The van der Waals surface area contributed by atoms with Crippen LogP contribution in [0.2, 0.25) is 0 Å². The molecule has 3 N–H and O–H groups in total. The minimum Gasteiger partial charge on any atom is -0.368 e. The van der Waals surface area contributed by atoms with Crippen molar-refractivity contribution in [2.45, 2.75) is 33.2 Å². The van der Waals surface area contributed by atoms with Crippen LogP contribution in [0.1, 0.15) is 23.2 Å². The van der Waals surface area contributed by atoms with Crippen molar-refractivity contribution in [2.24, 2.45) is 10.8 Å². The van der Waals surface area contributed by atoms with E-state index in [1.807, 2.05) is 32.9 Å². The van der Waals surface area contributed by atoms with Crippen molar-refractivity contribution in [3.05, 3.63) is 71.2 Å². The van der Waals surface area contributed by atoms with Gasteiger partial charge in [-0.25, -0.2) is 9.07 Å². The number of carbonyl (C=O) groups excluding carboxylic acids is 2. The SMILES string of the molecule is Cc1cc(C)cc(-n2nc(C)cc2NC(=O)C2=NN(c3ccc(F)cc3)C(C(N)=O)C2)c1. The Kier molecular flexibility index (Phi) is 5.48. The highest BCUT2D eigenvalue weighted by Crippen LogP contribution is 2.26. The van der Waals surface area contributed by atoms with Gasteiger partial charge in [0.25, 0.3) is 5.91 Å². The highest BCUT2D eigenvalue weighted by molar-refractivity contribution is 6.44. The average Bonchev–Trinajstić information content (AvgIpc) is 3.32. The molecule has 2 amide bonds. The van der Waals surface area contributed by atoms with E-state index in [9.17, 15) is 14.0 Å². The van der Waals surface area contributed by atoms with Gasteiger partial charge < -0.3 is 11.1 Å². The van der Waals surface area contributed by atoms with E-state index < -0.39 is 23.7 Å². The van der Waals surface area contributed by atoms with E-state index in [-0.39, 0.29) is 12.1 Å². The number of hydrazone groups is 1. The summed E-state index contributed by atoms with van der Waals surface area (Å²) in [5, 5.41) is 13.0. The summed E-state index contributed by atoms with van der Waals surface area (Å²) < 4.78 is 14.9. The number of aryl methyl sites for hydroxylation is 3. The number of nitrogens with one attached hydrogen (secondary N) is 1. The summed E-state index contributed by atoms with van der Waals surface area (Å²) in [5.41, 5.74) is 9.84. The fraction of sp³-hybridized carbons (Fsp3) is 0.217. The van der Waals surface area contributed by atoms with Crippen LogP contribution in [0.4, 0.5) is 15.9 Å². The zero-order valence-electron chi connectivity index (χ0n) is 18.0. The van der Waals surface area contributed by atoms with Crippen LogP contribution >= 0.6 is 0 Å². The van der Waals surface area contributed by atoms with Crippen LogP contribution in [-0.2, 0) is 9.59 Å². The molecular formula is C23H23FN6O2. The van der Waals surface area contributed by atoms with Crippen LogP contribution in [0.15, 0.2) is 53.6 Å². The van der Waals surface area contributed by atoms with Gasteiger partial charge in [0.1, 0.15) is 23.4 Å². The van der Waals surface area contributed by atoms with Gasteiger partial charge in [-0.05, 0) is 68.3 Å².